The fraction of sp³-hybridized carbons (Fsp3) is 0.478. The van der Waals surface area contributed by atoms with Gasteiger partial charge in [0.2, 0.25) is 0 Å². The van der Waals surface area contributed by atoms with Crippen LogP contribution in [0.25, 0.3) is 11.2 Å². The van der Waals surface area contributed by atoms with Crippen LogP contribution in [0.5, 0.6) is 5.75 Å². The van der Waals surface area contributed by atoms with Gasteiger partial charge >= 0.3 is 0 Å². The maximum atomic E-state index is 6.88. The largest absolute Gasteiger partial charge is 0.541 e. The van der Waals surface area contributed by atoms with Crippen molar-refractivity contribution < 1.29 is 4.43 Å². The Bertz CT molecular complexity index is 1050. The third kappa shape index (κ3) is 4.36. The van der Waals surface area contributed by atoms with Gasteiger partial charge in [0.15, 0.2) is 5.65 Å². The van der Waals surface area contributed by atoms with Gasteiger partial charge in [0.25, 0.3) is 9.04 Å². The van der Waals surface area contributed by atoms with Crippen molar-refractivity contribution in [3.05, 3.63) is 51.4 Å². The molecule has 0 saturated carbocycles. The number of pyridine rings is 1. The Morgan fingerprint density at radius 3 is 2.41 bits per heavy atom. The predicted octanol–water partition coefficient (Wildman–Crippen LogP) is 6.24. The minimum Gasteiger partial charge on any atom is -0.541 e. The van der Waals surface area contributed by atoms with Crippen molar-refractivity contribution in [2.75, 3.05) is 0 Å². The number of benzene rings is 1. The van der Waals surface area contributed by atoms with E-state index in [2.05, 4.69) is 70.5 Å². The summed E-state index contributed by atoms with van der Waals surface area (Å²) in [5.41, 5.74) is 6.20. The number of aryl methyl sites for hydroxylation is 3. The number of hydrogen-bond acceptors (Lipinski definition) is 3. The van der Waals surface area contributed by atoms with E-state index in [0.717, 1.165) is 56.6 Å². The van der Waals surface area contributed by atoms with E-state index < -0.39 is 9.04 Å². The molecule has 29 heavy (non-hydrogen) atoms. The summed E-state index contributed by atoms with van der Waals surface area (Å²) in [6.45, 7) is 17.7. The molecule has 0 aliphatic rings. The fourth-order valence-corrected chi connectivity index (χ4v) is 4.88. The second-order valence-corrected chi connectivity index (χ2v) is 11.3. The summed E-state index contributed by atoms with van der Waals surface area (Å²) >= 11 is 6.88. The maximum Gasteiger partial charge on any atom is 0.274 e. The highest BCUT2D eigenvalue weighted by molar-refractivity contribution is 6.49. The first kappa shape index (κ1) is 21.8. The maximum absolute atomic E-state index is 6.88. The van der Waals surface area contributed by atoms with Gasteiger partial charge in [0.05, 0.1) is 11.6 Å². The standard InChI is InChI=1S/C23H31ClN3OSi/c1-9-18-26-20-14(2)12-15(3)25-22(20)27(18)13-16-10-11-17(23(4,5)6)19(24)21(16)28-29(7)8/h10-12H,9,13H2,1-8H3. The van der Waals surface area contributed by atoms with Crippen molar-refractivity contribution in [3.8, 4) is 5.75 Å². The van der Waals surface area contributed by atoms with Crippen molar-refractivity contribution in [3.63, 3.8) is 0 Å². The Kier molecular flexibility index (Phi) is 6.11. The summed E-state index contributed by atoms with van der Waals surface area (Å²) in [7, 11) is -0.966. The zero-order chi connectivity index (χ0) is 21.5. The lowest BCUT2D eigenvalue weighted by atomic mass is 9.86. The Labute approximate surface area is 181 Å². The molecule has 0 unspecified atom stereocenters. The van der Waals surface area contributed by atoms with E-state index in [9.17, 15) is 0 Å². The summed E-state index contributed by atoms with van der Waals surface area (Å²) in [6.07, 6.45) is 0.843. The van der Waals surface area contributed by atoms with Crippen LogP contribution in [0, 0.1) is 13.8 Å². The van der Waals surface area contributed by atoms with E-state index in [1.807, 2.05) is 6.92 Å². The van der Waals surface area contributed by atoms with Crippen molar-refractivity contribution >= 4 is 31.8 Å². The van der Waals surface area contributed by atoms with Crippen LogP contribution in [0.3, 0.4) is 0 Å². The van der Waals surface area contributed by atoms with E-state index in [4.69, 9.17) is 26.0 Å². The van der Waals surface area contributed by atoms with Gasteiger partial charge in [-0.05, 0) is 49.5 Å². The molecule has 6 heteroatoms. The molecule has 1 radical (unpaired) electrons. The van der Waals surface area contributed by atoms with Gasteiger partial charge in [-0.3, -0.25) is 0 Å². The molecule has 0 saturated heterocycles. The van der Waals surface area contributed by atoms with Crippen LogP contribution in [-0.2, 0) is 18.4 Å². The number of hydrogen-bond donors (Lipinski definition) is 0. The minimum absolute atomic E-state index is 0.0474. The molecular weight excluding hydrogens is 398 g/mol. The molecule has 3 rings (SSSR count). The molecule has 155 valence electrons. The summed E-state index contributed by atoms with van der Waals surface area (Å²) in [6, 6.07) is 6.38. The number of aromatic nitrogens is 3. The van der Waals surface area contributed by atoms with Gasteiger partial charge in [-0.15, -0.1) is 0 Å². The summed E-state index contributed by atoms with van der Waals surface area (Å²) in [4.78, 5) is 9.67. The number of nitrogens with zero attached hydrogens (tertiary/aromatic N) is 3. The van der Waals surface area contributed by atoms with Crippen molar-refractivity contribution in [2.45, 2.75) is 73.0 Å². The smallest absolute Gasteiger partial charge is 0.274 e. The van der Waals surface area contributed by atoms with Crippen molar-refractivity contribution in [1.82, 2.24) is 14.5 Å². The predicted molar refractivity (Wildman–Crippen MR) is 124 cm³/mol. The van der Waals surface area contributed by atoms with Gasteiger partial charge in [-0.25, -0.2) is 9.97 Å². The molecule has 0 aliphatic heterocycles. The van der Waals surface area contributed by atoms with Gasteiger partial charge in [-0.2, -0.15) is 0 Å². The monoisotopic (exact) mass is 428 g/mol. The number of fused-ring (bicyclic) bond motifs is 1. The third-order valence-corrected chi connectivity index (χ3v) is 6.03. The molecular formula is C23H31ClN3OSi. The fourth-order valence-electron chi connectivity index (χ4n) is 3.67. The van der Waals surface area contributed by atoms with Crippen LogP contribution in [0.4, 0.5) is 0 Å². The quantitative estimate of drug-likeness (QED) is 0.451. The molecule has 0 bridgehead atoms. The van der Waals surface area contributed by atoms with E-state index in [1.54, 1.807) is 0 Å². The van der Waals surface area contributed by atoms with Gasteiger partial charge in [-0.1, -0.05) is 51.4 Å². The van der Waals surface area contributed by atoms with Crippen LogP contribution in [0.15, 0.2) is 18.2 Å². The van der Waals surface area contributed by atoms with Crippen LogP contribution in [0.1, 0.15) is 55.9 Å². The molecule has 1 aromatic carbocycles. The van der Waals surface area contributed by atoms with Gasteiger partial charge < -0.3 is 8.99 Å². The molecule has 0 spiro atoms. The lowest BCUT2D eigenvalue weighted by molar-refractivity contribution is 0.550. The SMILES string of the molecule is CCc1nc2c(C)cc(C)nc2n1Cc1ccc(C(C)(C)C)c(Cl)c1O[Si](C)C. The van der Waals surface area contributed by atoms with Crippen LogP contribution >= 0.6 is 11.6 Å². The summed E-state index contributed by atoms with van der Waals surface area (Å²) in [5, 5.41) is 0.726. The average Bonchev–Trinajstić information content (AvgIpc) is 2.94. The van der Waals surface area contributed by atoms with E-state index in [0.29, 0.717) is 6.54 Å². The highest BCUT2D eigenvalue weighted by Gasteiger charge is 2.24. The third-order valence-electron chi connectivity index (χ3n) is 5.04. The Morgan fingerprint density at radius 1 is 1.14 bits per heavy atom. The number of halogens is 1. The van der Waals surface area contributed by atoms with Gasteiger partial charge in [0.1, 0.15) is 17.1 Å². The normalized spacial score (nSPS) is 12.2. The van der Waals surface area contributed by atoms with Crippen molar-refractivity contribution in [1.29, 1.82) is 0 Å². The van der Waals surface area contributed by atoms with Crippen LogP contribution in [-0.4, -0.2) is 23.6 Å². The molecule has 0 N–H and O–H groups in total. The van der Waals surface area contributed by atoms with E-state index >= 15 is 0 Å². The molecule has 0 amide bonds. The van der Waals surface area contributed by atoms with Crippen molar-refractivity contribution in [2.24, 2.45) is 0 Å². The van der Waals surface area contributed by atoms with Crippen LogP contribution < -0.4 is 4.43 Å². The Hall–Kier alpha value is -1.85. The van der Waals surface area contributed by atoms with E-state index in [-0.39, 0.29) is 5.41 Å². The Balaban J connectivity index is 2.19. The lowest BCUT2D eigenvalue weighted by Crippen LogP contribution is -2.18. The molecule has 2 heterocycles. The number of imidazole rings is 1. The zero-order valence-corrected chi connectivity index (χ0v) is 20.5. The first-order valence-corrected chi connectivity index (χ1v) is 12.9. The number of rotatable bonds is 5. The first-order valence-electron chi connectivity index (χ1n) is 10.2. The summed E-state index contributed by atoms with van der Waals surface area (Å²) < 4.78 is 8.52. The molecule has 0 aliphatic carbocycles. The molecule has 0 atom stereocenters. The summed E-state index contributed by atoms with van der Waals surface area (Å²) in [5.74, 6) is 1.84. The molecule has 0 fully saturated rings. The molecule has 4 nitrogen and oxygen atoms in total. The van der Waals surface area contributed by atoms with E-state index in [1.165, 1.54) is 0 Å². The molecule has 3 aromatic rings. The minimum atomic E-state index is -0.966. The Morgan fingerprint density at radius 2 is 1.83 bits per heavy atom. The second kappa shape index (κ2) is 8.11. The first-order chi connectivity index (χ1) is 13.5. The topological polar surface area (TPSA) is 39.9 Å². The second-order valence-electron chi connectivity index (χ2n) is 8.90. The van der Waals surface area contributed by atoms with Gasteiger partial charge in [0, 0.05) is 17.7 Å². The average molecular weight is 429 g/mol. The van der Waals surface area contributed by atoms with Crippen LogP contribution in [0.2, 0.25) is 18.1 Å². The molecule has 2 aromatic heterocycles. The zero-order valence-electron chi connectivity index (χ0n) is 18.8. The highest BCUT2D eigenvalue weighted by Crippen LogP contribution is 2.39. The highest BCUT2D eigenvalue weighted by atomic mass is 35.5. The lowest BCUT2D eigenvalue weighted by Gasteiger charge is -2.25.